The summed E-state index contributed by atoms with van der Waals surface area (Å²) in [5.41, 5.74) is 1.78. The standard InChI is InChI=1S/C17H23N3O4S/c1-10-12(11(2)24-19-10)7-8-15(21)18-13-5-3-4-6-14(13)20-16(22)9-25-17(20)23/h13-14H,3-9H2,1-2H3,(H,18,21)/t13-,14-/m1/s1. The first-order valence-corrected chi connectivity index (χ1v) is 9.66. The Morgan fingerprint density at radius 1 is 1.32 bits per heavy atom. The summed E-state index contributed by atoms with van der Waals surface area (Å²) in [6.45, 7) is 3.70. The van der Waals surface area contributed by atoms with Gasteiger partial charge in [-0.25, -0.2) is 0 Å². The summed E-state index contributed by atoms with van der Waals surface area (Å²) in [5.74, 6) is 0.744. The Morgan fingerprint density at radius 3 is 2.72 bits per heavy atom. The van der Waals surface area contributed by atoms with Gasteiger partial charge in [0.05, 0.1) is 17.5 Å². The Bertz CT molecular complexity index is 652. The summed E-state index contributed by atoms with van der Waals surface area (Å²) in [6.07, 6.45) is 4.42. The fourth-order valence-corrected chi connectivity index (χ4v) is 4.41. The van der Waals surface area contributed by atoms with Gasteiger partial charge in [-0.15, -0.1) is 0 Å². The van der Waals surface area contributed by atoms with E-state index in [1.807, 2.05) is 13.8 Å². The molecule has 1 aliphatic heterocycles. The van der Waals surface area contributed by atoms with Gasteiger partial charge in [-0.2, -0.15) is 0 Å². The van der Waals surface area contributed by atoms with Crippen molar-refractivity contribution in [3.63, 3.8) is 0 Å². The van der Waals surface area contributed by atoms with Crippen molar-refractivity contribution in [2.45, 2.75) is 64.5 Å². The van der Waals surface area contributed by atoms with E-state index in [0.29, 0.717) is 12.8 Å². The van der Waals surface area contributed by atoms with Crippen LogP contribution in [0.25, 0.3) is 0 Å². The minimum atomic E-state index is -0.216. The highest BCUT2D eigenvalue weighted by atomic mass is 32.2. The van der Waals surface area contributed by atoms with E-state index in [1.54, 1.807) is 0 Å². The fourth-order valence-electron chi connectivity index (χ4n) is 3.65. The summed E-state index contributed by atoms with van der Waals surface area (Å²) in [7, 11) is 0. The normalized spacial score (nSPS) is 24.0. The molecule has 1 saturated heterocycles. The van der Waals surface area contributed by atoms with E-state index in [0.717, 1.165) is 54.5 Å². The van der Waals surface area contributed by atoms with Crippen molar-refractivity contribution in [3.8, 4) is 0 Å². The molecule has 136 valence electrons. The molecule has 7 nitrogen and oxygen atoms in total. The van der Waals surface area contributed by atoms with Crippen molar-refractivity contribution in [2.75, 3.05) is 5.75 Å². The van der Waals surface area contributed by atoms with Crippen molar-refractivity contribution in [1.82, 2.24) is 15.4 Å². The molecule has 2 atom stereocenters. The smallest absolute Gasteiger partial charge is 0.289 e. The van der Waals surface area contributed by atoms with Gasteiger partial charge in [0.1, 0.15) is 5.76 Å². The van der Waals surface area contributed by atoms with Crippen molar-refractivity contribution >= 4 is 28.8 Å². The van der Waals surface area contributed by atoms with Crippen LogP contribution in [-0.4, -0.2) is 44.9 Å². The maximum Gasteiger partial charge on any atom is 0.289 e. The number of nitrogens with one attached hydrogen (secondary N) is 1. The Labute approximate surface area is 150 Å². The van der Waals surface area contributed by atoms with Crippen LogP contribution in [0.4, 0.5) is 4.79 Å². The number of hydrogen-bond donors (Lipinski definition) is 1. The molecule has 8 heteroatoms. The zero-order valence-corrected chi connectivity index (χ0v) is 15.4. The van der Waals surface area contributed by atoms with E-state index < -0.39 is 0 Å². The zero-order valence-electron chi connectivity index (χ0n) is 14.5. The lowest BCUT2D eigenvalue weighted by Gasteiger charge is -2.36. The molecule has 0 unspecified atom stereocenters. The van der Waals surface area contributed by atoms with Gasteiger partial charge in [0.15, 0.2) is 0 Å². The molecule has 2 aliphatic rings. The second-order valence-electron chi connectivity index (χ2n) is 6.65. The monoisotopic (exact) mass is 365 g/mol. The molecule has 0 spiro atoms. The highest BCUT2D eigenvalue weighted by Crippen LogP contribution is 2.30. The number of aryl methyl sites for hydroxylation is 2. The van der Waals surface area contributed by atoms with Crippen molar-refractivity contribution < 1.29 is 18.9 Å². The lowest BCUT2D eigenvalue weighted by atomic mass is 9.89. The van der Waals surface area contributed by atoms with E-state index in [9.17, 15) is 14.4 Å². The van der Waals surface area contributed by atoms with Gasteiger partial charge in [0, 0.05) is 18.0 Å². The molecule has 0 bridgehead atoms. The number of rotatable bonds is 5. The summed E-state index contributed by atoms with van der Waals surface area (Å²) < 4.78 is 5.12. The van der Waals surface area contributed by atoms with Gasteiger partial charge in [-0.1, -0.05) is 29.8 Å². The van der Waals surface area contributed by atoms with Crippen LogP contribution in [0, 0.1) is 13.8 Å². The topological polar surface area (TPSA) is 92.5 Å². The van der Waals surface area contributed by atoms with Crippen LogP contribution < -0.4 is 5.32 Å². The average Bonchev–Trinajstić information content (AvgIpc) is 3.08. The third-order valence-electron chi connectivity index (χ3n) is 4.98. The van der Waals surface area contributed by atoms with Crippen molar-refractivity contribution in [3.05, 3.63) is 17.0 Å². The molecule has 2 heterocycles. The van der Waals surface area contributed by atoms with E-state index in [4.69, 9.17) is 4.52 Å². The van der Waals surface area contributed by atoms with E-state index in [2.05, 4.69) is 10.5 Å². The van der Waals surface area contributed by atoms with Crippen molar-refractivity contribution in [1.29, 1.82) is 0 Å². The van der Waals surface area contributed by atoms with Crippen LogP contribution in [0.1, 0.15) is 49.1 Å². The number of nitrogens with zero attached hydrogens (tertiary/aromatic N) is 2. The molecule has 1 N–H and O–H groups in total. The second-order valence-corrected chi connectivity index (χ2v) is 7.57. The predicted octanol–water partition coefficient (Wildman–Crippen LogP) is 2.35. The second kappa shape index (κ2) is 7.59. The SMILES string of the molecule is Cc1noc(C)c1CCC(=O)N[C@@H]1CCCC[C@H]1N1C(=O)CSC1=O. The Kier molecular flexibility index (Phi) is 5.46. The van der Waals surface area contributed by atoms with Crippen LogP contribution in [0.5, 0.6) is 0 Å². The van der Waals surface area contributed by atoms with Crippen LogP contribution in [0.2, 0.25) is 0 Å². The predicted molar refractivity (Wildman–Crippen MR) is 93.2 cm³/mol. The maximum absolute atomic E-state index is 12.4. The highest BCUT2D eigenvalue weighted by Gasteiger charge is 2.41. The minimum Gasteiger partial charge on any atom is -0.361 e. The molecule has 1 aromatic heterocycles. The zero-order chi connectivity index (χ0) is 18.0. The first kappa shape index (κ1) is 18.0. The molecule has 1 saturated carbocycles. The third kappa shape index (κ3) is 3.89. The number of hydrogen-bond acceptors (Lipinski definition) is 6. The number of amides is 3. The van der Waals surface area contributed by atoms with Crippen LogP contribution in [0.3, 0.4) is 0 Å². The molecule has 0 aromatic carbocycles. The number of carbonyl (C=O) groups excluding carboxylic acids is 3. The molecule has 2 fully saturated rings. The molecular weight excluding hydrogens is 342 g/mol. The summed E-state index contributed by atoms with van der Waals surface area (Å²) >= 11 is 1.05. The number of thioether (sulfide) groups is 1. The Morgan fingerprint density at radius 2 is 2.08 bits per heavy atom. The average molecular weight is 365 g/mol. The van der Waals surface area contributed by atoms with E-state index in [1.165, 1.54) is 4.90 Å². The number of imide groups is 1. The molecule has 0 radical (unpaired) electrons. The first-order valence-electron chi connectivity index (χ1n) is 8.67. The third-order valence-corrected chi connectivity index (χ3v) is 5.81. The minimum absolute atomic E-state index is 0.0661. The fraction of sp³-hybridized carbons (Fsp3) is 0.647. The molecule has 3 amide bonds. The summed E-state index contributed by atoms with van der Waals surface area (Å²) in [5, 5.41) is 6.76. The molecule has 1 aliphatic carbocycles. The van der Waals surface area contributed by atoms with Gasteiger partial charge < -0.3 is 9.84 Å². The van der Waals surface area contributed by atoms with Crippen LogP contribution >= 0.6 is 11.8 Å². The van der Waals surface area contributed by atoms with Gasteiger partial charge in [-0.05, 0) is 33.1 Å². The van der Waals surface area contributed by atoms with Gasteiger partial charge >= 0.3 is 0 Å². The molecule has 1 aromatic rings. The Hall–Kier alpha value is -1.83. The quantitative estimate of drug-likeness (QED) is 0.861. The lowest BCUT2D eigenvalue weighted by Crippen LogP contribution is -2.54. The molecular formula is C17H23N3O4S. The summed E-state index contributed by atoms with van der Waals surface area (Å²) in [6, 6.07) is -0.371. The van der Waals surface area contributed by atoms with Gasteiger partial charge in [0.2, 0.25) is 11.8 Å². The van der Waals surface area contributed by atoms with Gasteiger partial charge in [0.25, 0.3) is 5.24 Å². The first-order chi connectivity index (χ1) is 12.0. The summed E-state index contributed by atoms with van der Waals surface area (Å²) in [4.78, 5) is 37.8. The highest BCUT2D eigenvalue weighted by molar-refractivity contribution is 8.14. The van der Waals surface area contributed by atoms with Crippen molar-refractivity contribution in [2.24, 2.45) is 0 Å². The maximum atomic E-state index is 12.4. The number of aromatic nitrogens is 1. The number of carbonyl (C=O) groups is 3. The van der Waals surface area contributed by atoms with Crippen LogP contribution in [-0.2, 0) is 16.0 Å². The van der Waals surface area contributed by atoms with Gasteiger partial charge in [-0.3, -0.25) is 19.3 Å². The Balaban J connectivity index is 1.60. The van der Waals surface area contributed by atoms with E-state index in [-0.39, 0.29) is 34.9 Å². The van der Waals surface area contributed by atoms with E-state index >= 15 is 0 Å². The lowest BCUT2D eigenvalue weighted by molar-refractivity contribution is -0.129. The molecule has 25 heavy (non-hydrogen) atoms. The molecule has 3 rings (SSSR count). The largest absolute Gasteiger partial charge is 0.361 e. The van der Waals surface area contributed by atoms with Crippen LogP contribution in [0.15, 0.2) is 4.52 Å².